The number of ether oxygens (including phenoxy) is 1. The number of hydrogen-bond acceptors (Lipinski definition) is 3. The summed E-state index contributed by atoms with van der Waals surface area (Å²) in [6.07, 6.45) is 0. The van der Waals surface area contributed by atoms with Gasteiger partial charge in [-0.05, 0) is 58.0 Å². The van der Waals surface area contributed by atoms with Crippen LogP contribution in [0.2, 0.25) is 0 Å². The molecule has 0 unspecified atom stereocenters. The van der Waals surface area contributed by atoms with Gasteiger partial charge in [-0.25, -0.2) is 4.98 Å². The molecule has 3 heteroatoms. The Bertz CT molecular complexity index is 621. The molecule has 2 aromatic rings. The molecule has 1 aromatic heterocycles. The highest BCUT2D eigenvalue weighted by atomic mass is 16.5. The van der Waals surface area contributed by atoms with Gasteiger partial charge in [-0.3, -0.25) is 0 Å². The van der Waals surface area contributed by atoms with Crippen molar-refractivity contribution in [3.63, 3.8) is 0 Å². The molecular formula is C17H22N2O. The second-order valence-electron chi connectivity index (χ2n) is 5.27. The van der Waals surface area contributed by atoms with Crippen molar-refractivity contribution in [1.29, 1.82) is 0 Å². The third-order valence-corrected chi connectivity index (χ3v) is 3.33. The average molecular weight is 270 g/mol. The number of aromatic nitrogens is 1. The van der Waals surface area contributed by atoms with Crippen LogP contribution in [-0.4, -0.2) is 12.0 Å². The SMILES string of the molecule is CNCc1c(C)cc(C)nc1Oc1ccc(C)cc1C. The molecule has 1 N–H and O–H groups in total. The maximum Gasteiger partial charge on any atom is 0.224 e. The van der Waals surface area contributed by atoms with E-state index in [4.69, 9.17) is 4.74 Å². The monoisotopic (exact) mass is 270 g/mol. The van der Waals surface area contributed by atoms with Gasteiger partial charge in [-0.2, -0.15) is 0 Å². The Morgan fingerprint density at radius 3 is 2.45 bits per heavy atom. The van der Waals surface area contributed by atoms with Crippen LogP contribution in [-0.2, 0) is 6.54 Å². The van der Waals surface area contributed by atoms with Crippen LogP contribution in [0.5, 0.6) is 11.6 Å². The minimum atomic E-state index is 0.698. The van der Waals surface area contributed by atoms with E-state index in [-0.39, 0.29) is 0 Å². The van der Waals surface area contributed by atoms with E-state index in [2.05, 4.69) is 49.3 Å². The highest BCUT2D eigenvalue weighted by Gasteiger charge is 2.11. The molecule has 0 amide bonds. The van der Waals surface area contributed by atoms with Crippen molar-refractivity contribution in [3.8, 4) is 11.6 Å². The molecule has 1 aromatic carbocycles. The van der Waals surface area contributed by atoms with Crippen LogP contribution in [0.1, 0.15) is 27.9 Å². The number of rotatable bonds is 4. The smallest absolute Gasteiger partial charge is 0.224 e. The van der Waals surface area contributed by atoms with Crippen molar-refractivity contribution in [2.75, 3.05) is 7.05 Å². The first kappa shape index (κ1) is 14.5. The standard InChI is InChI=1S/C17H22N2O/c1-11-6-7-16(13(3)8-11)20-17-15(10-18-5)12(2)9-14(4)19-17/h6-9,18H,10H2,1-5H3. The van der Waals surface area contributed by atoms with Crippen molar-refractivity contribution in [1.82, 2.24) is 10.3 Å². The molecule has 0 bridgehead atoms. The number of nitrogens with zero attached hydrogens (tertiary/aromatic N) is 1. The molecule has 0 saturated carbocycles. The van der Waals surface area contributed by atoms with Gasteiger partial charge < -0.3 is 10.1 Å². The van der Waals surface area contributed by atoms with Gasteiger partial charge in [0, 0.05) is 17.8 Å². The second kappa shape index (κ2) is 6.06. The molecule has 3 nitrogen and oxygen atoms in total. The largest absolute Gasteiger partial charge is 0.438 e. The van der Waals surface area contributed by atoms with Gasteiger partial charge >= 0.3 is 0 Å². The Labute approximate surface area is 121 Å². The van der Waals surface area contributed by atoms with E-state index in [0.29, 0.717) is 5.88 Å². The Morgan fingerprint density at radius 2 is 1.80 bits per heavy atom. The van der Waals surface area contributed by atoms with Gasteiger partial charge in [0.2, 0.25) is 5.88 Å². The van der Waals surface area contributed by atoms with Gasteiger partial charge in [0.25, 0.3) is 0 Å². The molecule has 1 heterocycles. The fraction of sp³-hybridized carbons (Fsp3) is 0.353. The molecule has 0 saturated heterocycles. The van der Waals surface area contributed by atoms with Crippen LogP contribution in [0.4, 0.5) is 0 Å². The van der Waals surface area contributed by atoms with E-state index in [0.717, 1.165) is 29.1 Å². The molecule has 0 aliphatic rings. The van der Waals surface area contributed by atoms with E-state index >= 15 is 0 Å². The third kappa shape index (κ3) is 3.17. The Balaban J connectivity index is 2.41. The van der Waals surface area contributed by atoms with E-state index in [1.807, 2.05) is 20.0 Å². The third-order valence-electron chi connectivity index (χ3n) is 3.33. The lowest BCUT2D eigenvalue weighted by Crippen LogP contribution is -2.10. The molecule has 0 spiro atoms. The van der Waals surface area contributed by atoms with Crippen LogP contribution in [0.25, 0.3) is 0 Å². The van der Waals surface area contributed by atoms with E-state index in [1.54, 1.807) is 0 Å². The number of aryl methyl sites for hydroxylation is 4. The summed E-state index contributed by atoms with van der Waals surface area (Å²) in [4.78, 5) is 4.55. The van der Waals surface area contributed by atoms with Crippen LogP contribution >= 0.6 is 0 Å². The molecule has 0 aliphatic heterocycles. The zero-order valence-electron chi connectivity index (χ0n) is 12.9. The first-order valence-electron chi connectivity index (χ1n) is 6.88. The van der Waals surface area contributed by atoms with Gasteiger partial charge in [0.15, 0.2) is 0 Å². The van der Waals surface area contributed by atoms with Crippen LogP contribution in [0.3, 0.4) is 0 Å². The topological polar surface area (TPSA) is 34.2 Å². The number of pyridine rings is 1. The molecule has 20 heavy (non-hydrogen) atoms. The predicted molar refractivity (Wildman–Crippen MR) is 82.5 cm³/mol. The quantitative estimate of drug-likeness (QED) is 0.917. The second-order valence-corrected chi connectivity index (χ2v) is 5.27. The summed E-state index contributed by atoms with van der Waals surface area (Å²) in [6, 6.07) is 8.27. The van der Waals surface area contributed by atoms with Gasteiger partial charge in [-0.15, -0.1) is 0 Å². The Morgan fingerprint density at radius 1 is 1.05 bits per heavy atom. The van der Waals surface area contributed by atoms with Gasteiger partial charge in [0.05, 0.1) is 0 Å². The first-order chi connectivity index (χ1) is 9.51. The van der Waals surface area contributed by atoms with Gasteiger partial charge in [-0.1, -0.05) is 17.7 Å². The lowest BCUT2D eigenvalue weighted by atomic mass is 10.1. The van der Waals surface area contributed by atoms with Crippen molar-refractivity contribution >= 4 is 0 Å². The highest BCUT2D eigenvalue weighted by molar-refractivity contribution is 5.42. The molecule has 106 valence electrons. The van der Waals surface area contributed by atoms with Gasteiger partial charge in [0.1, 0.15) is 5.75 Å². The summed E-state index contributed by atoms with van der Waals surface area (Å²) in [7, 11) is 1.93. The zero-order chi connectivity index (χ0) is 14.7. The highest BCUT2D eigenvalue weighted by Crippen LogP contribution is 2.29. The lowest BCUT2D eigenvalue weighted by molar-refractivity contribution is 0.449. The summed E-state index contributed by atoms with van der Waals surface area (Å²) < 4.78 is 6.06. The normalized spacial score (nSPS) is 10.7. The summed E-state index contributed by atoms with van der Waals surface area (Å²) in [5.74, 6) is 1.56. The molecule has 0 aliphatic carbocycles. The maximum atomic E-state index is 6.06. The molecule has 0 fully saturated rings. The molecule has 0 atom stereocenters. The van der Waals surface area contributed by atoms with Crippen molar-refractivity contribution in [2.45, 2.75) is 34.2 Å². The van der Waals surface area contributed by atoms with Crippen LogP contribution < -0.4 is 10.1 Å². The average Bonchev–Trinajstić information content (AvgIpc) is 2.37. The van der Waals surface area contributed by atoms with Crippen LogP contribution in [0, 0.1) is 27.7 Å². The number of benzene rings is 1. The molecular weight excluding hydrogens is 248 g/mol. The van der Waals surface area contributed by atoms with E-state index in [9.17, 15) is 0 Å². The Kier molecular flexibility index (Phi) is 4.40. The fourth-order valence-electron chi connectivity index (χ4n) is 2.32. The van der Waals surface area contributed by atoms with Crippen LogP contribution in [0.15, 0.2) is 24.3 Å². The molecule has 0 radical (unpaired) electrons. The number of nitrogens with one attached hydrogen (secondary N) is 1. The van der Waals surface area contributed by atoms with E-state index < -0.39 is 0 Å². The van der Waals surface area contributed by atoms with E-state index in [1.165, 1.54) is 11.1 Å². The van der Waals surface area contributed by atoms with Crippen molar-refractivity contribution in [2.24, 2.45) is 0 Å². The lowest BCUT2D eigenvalue weighted by Gasteiger charge is -2.15. The summed E-state index contributed by atoms with van der Waals surface area (Å²) in [6.45, 7) is 8.97. The summed E-state index contributed by atoms with van der Waals surface area (Å²) in [5, 5.41) is 3.17. The maximum absolute atomic E-state index is 6.06. The first-order valence-corrected chi connectivity index (χ1v) is 6.88. The fourth-order valence-corrected chi connectivity index (χ4v) is 2.32. The predicted octanol–water partition coefficient (Wildman–Crippen LogP) is 3.83. The summed E-state index contributed by atoms with van der Waals surface area (Å²) >= 11 is 0. The van der Waals surface area contributed by atoms with Crippen molar-refractivity contribution in [3.05, 3.63) is 52.2 Å². The Hall–Kier alpha value is -1.87. The summed E-state index contributed by atoms with van der Waals surface area (Å²) in [5.41, 5.74) is 5.65. The van der Waals surface area contributed by atoms with Crippen molar-refractivity contribution < 1.29 is 4.74 Å². The minimum Gasteiger partial charge on any atom is -0.438 e. The molecule has 2 rings (SSSR count). The zero-order valence-corrected chi connectivity index (χ0v) is 12.9. The number of hydrogen-bond donors (Lipinski definition) is 1. The minimum absolute atomic E-state index is 0.698.